The highest BCUT2D eigenvalue weighted by molar-refractivity contribution is 8.00. The second-order valence-corrected chi connectivity index (χ2v) is 8.37. The molecule has 29 heavy (non-hydrogen) atoms. The van der Waals surface area contributed by atoms with Crippen LogP contribution in [-0.4, -0.2) is 20.7 Å². The number of nitrogens with one attached hydrogen (secondary N) is 1. The number of aromatic nitrogens is 2. The van der Waals surface area contributed by atoms with Gasteiger partial charge in [-0.1, -0.05) is 36.9 Å². The van der Waals surface area contributed by atoms with Crippen molar-refractivity contribution in [1.29, 1.82) is 0 Å². The Morgan fingerprint density at radius 3 is 2.66 bits per heavy atom. The molecular weight excluding hydrogens is 389 g/mol. The van der Waals surface area contributed by atoms with Crippen molar-refractivity contribution in [2.24, 2.45) is 0 Å². The van der Waals surface area contributed by atoms with Crippen LogP contribution in [0.25, 0.3) is 10.9 Å². The highest BCUT2D eigenvalue weighted by atomic mass is 32.2. The van der Waals surface area contributed by atoms with E-state index in [1.165, 1.54) is 17.8 Å². The third kappa shape index (κ3) is 4.50. The largest absolute Gasteiger partial charge is 0.325 e. The maximum absolute atomic E-state index is 13.7. The quantitative estimate of drug-likeness (QED) is 0.459. The van der Waals surface area contributed by atoms with Gasteiger partial charge in [-0.3, -0.25) is 14.2 Å². The van der Waals surface area contributed by atoms with Crippen LogP contribution in [0.3, 0.4) is 0 Å². The van der Waals surface area contributed by atoms with E-state index in [0.29, 0.717) is 27.3 Å². The van der Waals surface area contributed by atoms with E-state index >= 15 is 0 Å². The number of thioether (sulfide) groups is 1. The summed E-state index contributed by atoms with van der Waals surface area (Å²) in [6.07, 6.45) is 0.761. The Balaban J connectivity index is 1.90. The molecule has 0 aliphatic rings. The van der Waals surface area contributed by atoms with Gasteiger partial charge >= 0.3 is 0 Å². The van der Waals surface area contributed by atoms with E-state index in [0.717, 1.165) is 6.42 Å². The number of rotatable bonds is 6. The highest BCUT2D eigenvalue weighted by Crippen LogP contribution is 2.26. The number of fused-ring (bicyclic) bond motifs is 1. The van der Waals surface area contributed by atoms with Crippen molar-refractivity contribution < 1.29 is 9.18 Å². The van der Waals surface area contributed by atoms with E-state index in [4.69, 9.17) is 0 Å². The number of carbonyl (C=O) groups excluding carboxylic acids is 1. The monoisotopic (exact) mass is 413 g/mol. The third-order valence-corrected chi connectivity index (χ3v) is 5.96. The van der Waals surface area contributed by atoms with Crippen LogP contribution in [0.5, 0.6) is 0 Å². The van der Waals surface area contributed by atoms with E-state index in [-0.39, 0.29) is 23.3 Å². The summed E-state index contributed by atoms with van der Waals surface area (Å²) in [6, 6.07) is 11.7. The van der Waals surface area contributed by atoms with Gasteiger partial charge < -0.3 is 5.32 Å². The van der Waals surface area contributed by atoms with Crippen LogP contribution < -0.4 is 10.9 Å². The van der Waals surface area contributed by atoms with Gasteiger partial charge in [0.25, 0.3) is 5.56 Å². The molecule has 0 saturated heterocycles. The summed E-state index contributed by atoms with van der Waals surface area (Å²) < 4.78 is 15.4. The molecule has 0 aliphatic heterocycles. The lowest BCUT2D eigenvalue weighted by atomic mass is 10.2. The Kier molecular flexibility index (Phi) is 6.37. The summed E-state index contributed by atoms with van der Waals surface area (Å²) in [4.78, 5) is 30.3. The first-order chi connectivity index (χ1) is 13.8. The Hall–Kier alpha value is -2.67. The molecule has 5 nitrogen and oxygen atoms in total. The average molecular weight is 414 g/mol. The molecule has 0 unspecified atom stereocenters. The Labute approximate surface area is 173 Å². The van der Waals surface area contributed by atoms with Crippen molar-refractivity contribution in [2.75, 3.05) is 5.32 Å². The molecule has 1 N–H and O–H groups in total. The van der Waals surface area contributed by atoms with E-state index in [2.05, 4.69) is 10.3 Å². The molecule has 3 rings (SSSR count). The summed E-state index contributed by atoms with van der Waals surface area (Å²) in [5.74, 6) is -0.652. The minimum absolute atomic E-state index is 0.0523. The van der Waals surface area contributed by atoms with E-state index in [9.17, 15) is 14.0 Å². The SMILES string of the molecule is CC[C@@H](C)n1c(S[C@H](C)C(=O)Nc2ccc(C)c(F)c2)nc2ccccc2c1=O. The topological polar surface area (TPSA) is 64.0 Å². The number of halogens is 1. The van der Waals surface area contributed by atoms with Gasteiger partial charge in [-0.15, -0.1) is 0 Å². The molecule has 0 aliphatic carbocycles. The lowest BCUT2D eigenvalue weighted by molar-refractivity contribution is -0.115. The minimum Gasteiger partial charge on any atom is -0.325 e. The molecule has 7 heteroatoms. The first-order valence-corrected chi connectivity index (χ1v) is 10.4. The predicted octanol–water partition coefficient (Wildman–Crippen LogP) is 4.93. The second kappa shape index (κ2) is 8.78. The fourth-order valence-electron chi connectivity index (χ4n) is 2.91. The van der Waals surface area contributed by atoms with Gasteiger partial charge in [-0.25, -0.2) is 9.37 Å². The molecule has 1 aromatic heterocycles. The molecule has 0 spiro atoms. The molecule has 152 valence electrons. The molecule has 0 fully saturated rings. The van der Waals surface area contributed by atoms with E-state index in [1.54, 1.807) is 42.7 Å². The van der Waals surface area contributed by atoms with Crippen LogP contribution in [0.2, 0.25) is 0 Å². The fraction of sp³-hybridized carbons (Fsp3) is 0.318. The van der Waals surface area contributed by atoms with E-state index in [1.807, 2.05) is 26.0 Å². The van der Waals surface area contributed by atoms with Crippen LogP contribution in [0.15, 0.2) is 52.4 Å². The van der Waals surface area contributed by atoms with Gasteiger partial charge in [0.15, 0.2) is 5.16 Å². The zero-order valence-electron chi connectivity index (χ0n) is 16.9. The lowest BCUT2D eigenvalue weighted by Crippen LogP contribution is -2.28. The minimum atomic E-state index is -0.525. The van der Waals surface area contributed by atoms with Crippen molar-refractivity contribution in [1.82, 2.24) is 9.55 Å². The molecule has 0 saturated carbocycles. The number of carbonyl (C=O) groups is 1. The molecule has 1 heterocycles. The lowest BCUT2D eigenvalue weighted by Gasteiger charge is -2.20. The molecule has 2 aromatic carbocycles. The van der Waals surface area contributed by atoms with Gasteiger partial charge in [-0.05, 0) is 57.0 Å². The predicted molar refractivity (Wildman–Crippen MR) is 116 cm³/mol. The highest BCUT2D eigenvalue weighted by Gasteiger charge is 2.21. The molecule has 2 atom stereocenters. The molecule has 0 radical (unpaired) electrons. The summed E-state index contributed by atoms with van der Waals surface area (Å²) in [5.41, 5.74) is 1.41. The maximum atomic E-state index is 13.7. The Bertz CT molecular complexity index is 1110. The number of anilines is 1. The van der Waals surface area contributed by atoms with Gasteiger partial charge in [0.05, 0.1) is 16.2 Å². The molecular formula is C22H24FN3O2S. The van der Waals surface area contributed by atoms with Gasteiger partial charge in [-0.2, -0.15) is 0 Å². The van der Waals surface area contributed by atoms with Crippen molar-refractivity contribution >= 4 is 34.3 Å². The van der Waals surface area contributed by atoms with Gasteiger partial charge in [0, 0.05) is 11.7 Å². The van der Waals surface area contributed by atoms with Crippen molar-refractivity contribution in [3.05, 3.63) is 64.2 Å². The molecule has 3 aromatic rings. The van der Waals surface area contributed by atoms with Crippen molar-refractivity contribution in [2.45, 2.75) is 50.6 Å². The number of aryl methyl sites for hydroxylation is 1. The van der Waals surface area contributed by atoms with Crippen LogP contribution in [0.1, 0.15) is 38.8 Å². The number of hydrogen-bond donors (Lipinski definition) is 1. The standard InChI is InChI=1S/C22H24FN3O2S/c1-5-14(3)26-21(28)17-8-6-7-9-19(17)25-22(26)29-15(4)20(27)24-16-11-10-13(2)18(23)12-16/h6-12,14-15H,5H2,1-4H3,(H,24,27)/t14-,15-/m1/s1. The first-order valence-electron chi connectivity index (χ1n) is 9.56. The van der Waals surface area contributed by atoms with Gasteiger partial charge in [0.2, 0.25) is 5.91 Å². The third-order valence-electron chi connectivity index (χ3n) is 4.90. The second-order valence-electron chi connectivity index (χ2n) is 7.06. The fourth-order valence-corrected chi connectivity index (χ4v) is 3.92. The summed E-state index contributed by atoms with van der Waals surface area (Å²) >= 11 is 1.22. The Morgan fingerprint density at radius 2 is 1.97 bits per heavy atom. The summed E-state index contributed by atoms with van der Waals surface area (Å²) in [7, 11) is 0. The van der Waals surface area contributed by atoms with Crippen molar-refractivity contribution in [3.63, 3.8) is 0 Å². The summed E-state index contributed by atoms with van der Waals surface area (Å²) in [5, 5.41) is 3.26. The molecule has 1 amide bonds. The van der Waals surface area contributed by atoms with Crippen molar-refractivity contribution in [3.8, 4) is 0 Å². The zero-order chi connectivity index (χ0) is 21.1. The Morgan fingerprint density at radius 1 is 1.24 bits per heavy atom. The van der Waals surface area contributed by atoms with Crippen LogP contribution in [0.4, 0.5) is 10.1 Å². The number of nitrogens with zero attached hydrogens (tertiary/aromatic N) is 2. The smallest absolute Gasteiger partial charge is 0.262 e. The molecule has 0 bridgehead atoms. The first kappa shape index (κ1) is 21.0. The average Bonchev–Trinajstić information content (AvgIpc) is 2.70. The normalized spacial score (nSPS) is 13.3. The number of amides is 1. The summed E-state index contributed by atoms with van der Waals surface area (Å²) in [6.45, 7) is 7.37. The van der Waals surface area contributed by atoms with E-state index < -0.39 is 5.25 Å². The van der Waals surface area contributed by atoms with Crippen LogP contribution in [0, 0.1) is 12.7 Å². The number of para-hydroxylation sites is 1. The number of hydrogen-bond acceptors (Lipinski definition) is 4. The zero-order valence-corrected chi connectivity index (χ0v) is 17.7. The number of benzene rings is 2. The van der Waals surface area contributed by atoms with Crippen LogP contribution >= 0.6 is 11.8 Å². The van der Waals surface area contributed by atoms with Gasteiger partial charge in [0.1, 0.15) is 5.82 Å². The van der Waals surface area contributed by atoms with Crippen LogP contribution in [-0.2, 0) is 4.79 Å². The maximum Gasteiger partial charge on any atom is 0.262 e.